The van der Waals surface area contributed by atoms with E-state index in [1.54, 1.807) is 30.6 Å². The van der Waals surface area contributed by atoms with Crippen LogP contribution < -0.4 is 0 Å². The Morgan fingerprint density at radius 3 is 2.92 bits per heavy atom. The topological polar surface area (TPSA) is 74.8 Å². The number of carbonyl (C=O) groups is 1. The second-order valence-corrected chi connectivity index (χ2v) is 5.98. The van der Waals surface area contributed by atoms with Crippen LogP contribution >= 0.6 is 0 Å². The molecule has 0 aromatic carbocycles. The Balaban J connectivity index is 1.74. The lowest BCUT2D eigenvalue weighted by molar-refractivity contribution is 0.0154. The van der Waals surface area contributed by atoms with E-state index in [9.17, 15) is 13.6 Å². The number of hydrogen-bond donors (Lipinski definition) is 1. The second kappa shape index (κ2) is 5.87. The summed E-state index contributed by atoms with van der Waals surface area (Å²) in [4.78, 5) is 29.4. The third-order valence-electron chi connectivity index (χ3n) is 4.47. The van der Waals surface area contributed by atoms with Crippen molar-refractivity contribution in [1.82, 2.24) is 24.8 Å². The Hall–Kier alpha value is -2.90. The maximum absolute atomic E-state index is 13.7. The quantitative estimate of drug-likeness (QED) is 0.776. The highest BCUT2D eigenvalue weighted by Gasteiger charge is 2.38. The van der Waals surface area contributed by atoms with Crippen LogP contribution in [0.15, 0.2) is 30.6 Å². The van der Waals surface area contributed by atoms with Crippen molar-refractivity contribution in [2.24, 2.45) is 0 Å². The first-order valence-corrected chi connectivity index (χ1v) is 7.90. The molecule has 1 amide bonds. The highest BCUT2D eigenvalue weighted by Crippen LogP contribution is 2.34. The van der Waals surface area contributed by atoms with Crippen molar-refractivity contribution < 1.29 is 13.6 Å². The fourth-order valence-electron chi connectivity index (χ4n) is 3.23. The van der Waals surface area contributed by atoms with Crippen LogP contribution in [0, 0.1) is 6.92 Å². The van der Waals surface area contributed by atoms with Crippen molar-refractivity contribution in [2.75, 3.05) is 6.54 Å². The maximum Gasteiger partial charge on any atom is 0.290 e. The van der Waals surface area contributed by atoms with E-state index in [1.165, 1.54) is 4.90 Å². The molecule has 0 fully saturated rings. The van der Waals surface area contributed by atoms with Crippen LogP contribution in [0.1, 0.15) is 33.5 Å². The number of aryl methyl sites for hydroxylation is 1. The number of hydrogen-bond acceptors (Lipinski definition) is 4. The minimum absolute atomic E-state index is 0.0230. The van der Waals surface area contributed by atoms with E-state index in [2.05, 4.69) is 19.9 Å². The number of aromatic nitrogens is 4. The summed E-state index contributed by atoms with van der Waals surface area (Å²) in [5.41, 5.74) is 2.92. The first-order chi connectivity index (χ1) is 12.1. The Labute approximate surface area is 141 Å². The zero-order chi connectivity index (χ0) is 17.6. The number of carbonyl (C=O) groups excluding carboxylic acids is 1. The Bertz CT molecular complexity index is 955. The molecular formula is C17H15F2N5O. The number of pyridine rings is 2. The smallest absolute Gasteiger partial charge is 0.290 e. The first kappa shape index (κ1) is 15.6. The van der Waals surface area contributed by atoms with Gasteiger partial charge < -0.3 is 9.88 Å². The Morgan fingerprint density at radius 1 is 1.32 bits per heavy atom. The fraction of sp³-hybridized carbons (Fsp3) is 0.294. The molecular weight excluding hydrogens is 328 g/mol. The van der Waals surface area contributed by atoms with Crippen molar-refractivity contribution in [3.8, 4) is 0 Å². The van der Waals surface area contributed by atoms with Gasteiger partial charge in [-0.1, -0.05) is 6.07 Å². The number of fused-ring (bicyclic) bond motifs is 2. The lowest BCUT2D eigenvalue weighted by Gasteiger charge is -2.35. The monoisotopic (exact) mass is 343 g/mol. The van der Waals surface area contributed by atoms with Crippen molar-refractivity contribution >= 4 is 17.1 Å². The molecule has 1 aliphatic heterocycles. The number of aromatic amines is 1. The normalized spacial score (nSPS) is 17.1. The zero-order valence-electron chi connectivity index (χ0n) is 13.4. The summed E-state index contributed by atoms with van der Waals surface area (Å²) >= 11 is 0. The average molecular weight is 343 g/mol. The maximum atomic E-state index is 13.7. The predicted octanol–water partition coefficient (Wildman–Crippen LogP) is 2.67. The van der Waals surface area contributed by atoms with E-state index in [-0.39, 0.29) is 12.4 Å². The van der Waals surface area contributed by atoms with E-state index >= 15 is 0 Å². The van der Waals surface area contributed by atoms with Crippen LogP contribution in [0.5, 0.6) is 0 Å². The molecule has 128 valence electrons. The van der Waals surface area contributed by atoms with Crippen LogP contribution in [0.3, 0.4) is 0 Å². The molecule has 0 aliphatic carbocycles. The summed E-state index contributed by atoms with van der Waals surface area (Å²) in [6.07, 6.45) is 0.892. The summed E-state index contributed by atoms with van der Waals surface area (Å²) in [6, 6.07) is 3.67. The van der Waals surface area contributed by atoms with Crippen molar-refractivity contribution in [3.63, 3.8) is 0 Å². The van der Waals surface area contributed by atoms with Gasteiger partial charge in [0, 0.05) is 36.6 Å². The molecule has 0 spiro atoms. The van der Waals surface area contributed by atoms with Crippen LogP contribution in [-0.2, 0) is 6.42 Å². The van der Waals surface area contributed by atoms with Gasteiger partial charge in [0.2, 0.25) is 0 Å². The molecule has 8 heteroatoms. The largest absolute Gasteiger partial charge is 0.332 e. The highest BCUT2D eigenvalue weighted by atomic mass is 19.3. The molecule has 4 rings (SSSR count). The predicted molar refractivity (Wildman–Crippen MR) is 86.3 cm³/mol. The number of imidazole rings is 1. The summed E-state index contributed by atoms with van der Waals surface area (Å²) < 4.78 is 27.5. The summed E-state index contributed by atoms with van der Waals surface area (Å²) in [5, 5.41) is 0. The van der Waals surface area contributed by atoms with Gasteiger partial charge in [0.05, 0.1) is 5.52 Å². The third kappa shape index (κ3) is 2.54. The summed E-state index contributed by atoms with van der Waals surface area (Å²) in [5.74, 6) is -0.535. The molecule has 0 saturated heterocycles. The lowest BCUT2D eigenvalue weighted by Crippen LogP contribution is -2.43. The van der Waals surface area contributed by atoms with Crippen molar-refractivity contribution in [1.29, 1.82) is 0 Å². The molecule has 1 atom stereocenters. The molecule has 0 saturated carbocycles. The molecule has 0 radical (unpaired) electrons. The van der Waals surface area contributed by atoms with Crippen LogP contribution in [0.4, 0.5) is 8.78 Å². The van der Waals surface area contributed by atoms with Crippen molar-refractivity contribution in [2.45, 2.75) is 25.8 Å². The van der Waals surface area contributed by atoms with Gasteiger partial charge >= 0.3 is 0 Å². The standard InChI is InChI=1S/C17H15F2N5O/c1-9-4-7-21-15-12(9)22-16(23-15)17(25)24-8-5-11-10(3-2-6-20-11)13(24)14(18)19/h2-4,6-7,13-14H,5,8H2,1H3,(H,21,22,23). The Morgan fingerprint density at radius 2 is 2.16 bits per heavy atom. The number of H-pyrrole nitrogens is 1. The van der Waals surface area contributed by atoms with E-state index in [0.29, 0.717) is 28.8 Å². The second-order valence-electron chi connectivity index (χ2n) is 5.98. The molecule has 4 heterocycles. The third-order valence-corrected chi connectivity index (χ3v) is 4.47. The minimum Gasteiger partial charge on any atom is -0.332 e. The van der Waals surface area contributed by atoms with Crippen molar-refractivity contribution in [3.05, 3.63) is 53.2 Å². The van der Waals surface area contributed by atoms with E-state index < -0.39 is 18.4 Å². The number of amides is 1. The SMILES string of the molecule is Cc1ccnc2nc(C(=O)N3CCc4ncccc4C3C(F)F)[nH]c12. The molecule has 1 aliphatic rings. The minimum atomic E-state index is -2.71. The molecule has 0 bridgehead atoms. The molecule has 6 nitrogen and oxygen atoms in total. The van der Waals surface area contributed by atoms with Gasteiger partial charge in [0.25, 0.3) is 12.3 Å². The number of alkyl halides is 2. The number of halogens is 2. The number of rotatable bonds is 2. The summed E-state index contributed by atoms with van der Waals surface area (Å²) in [6.45, 7) is 2.03. The Kier molecular flexibility index (Phi) is 3.67. The highest BCUT2D eigenvalue weighted by molar-refractivity contribution is 5.94. The van der Waals surface area contributed by atoms with Gasteiger partial charge in [-0.15, -0.1) is 0 Å². The van der Waals surface area contributed by atoms with Gasteiger partial charge in [0.15, 0.2) is 11.5 Å². The number of nitrogens with one attached hydrogen (secondary N) is 1. The van der Waals surface area contributed by atoms with Gasteiger partial charge in [-0.05, 0) is 24.6 Å². The number of nitrogens with zero attached hydrogens (tertiary/aromatic N) is 4. The zero-order valence-corrected chi connectivity index (χ0v) is 13.4. The van der Waals surface area contributed by atoms with Gasteiger partial charge in [-0.25, -0.2) is 18.7 Å². The average Bonchev–Trinajstić information content (AvgIpc) is 3.05. The van der Waals surface area contributed by atoms with Gasteiger partial charge in [-0.3, -0.25) is 9.78 Å². The van der Waals surface area contributed by atoms with E-state index in [4.69, 9.17) is 0 Å². The van der Waals surface area contributed by atoms with Crippen LogP contribution in [0.2, 0.25) is 0 Å². The summed E-state index contributed by atoms with van der Waals surface area (Å²) in [7, 11) is 0. The van der Waals surface area contributed by atoms with E-state index in [0.717, 1.165) is 5.56 Å². The van der Waals surface area contributed by atoms with Gasteiger partial charge in [0.1, 0.15) is 6.04 Å². The lowest BCUT2D eigenvalue weighted by atomic mass is 9.97. The van der Waals surface area contributed by atoms with Crippen LogP contribution in [-0.4, -0.2) is 43.7 Å². The van der Waals surface area contributed by atoms with Gasteiger partial charge in [-0.2, -0.15) is 0 Å². The molecule has 1 N–H and O–H groups in total. The van der Waals surface area contributed by atoms with Crippen LogP contribution in [0.25, 0.3) is 11.2 Å². The molecule has 25 heavy (non-hydrogen) atoms. The fourth-order valence-corrected chi connectivity index (χ4v) is 3.23. The molecule has 3 aromatic rings. The first-order valence-electron chi connectivity index (χ1n) is 7.90. The molecule has 3 aromatic heterocycles. The molecule has 1 unspecified atom stereocenters. The van der Waals surface area contributed by atoms with E-state index in [1.807, 2.05) is 6.92 Å².